The number of nitrogens with one attached hydrogen (secondary N) is 1. The van der Waals surface area contributed by atoms with Crippen LogP contribution in [0.2, 0.25) is 0 Å². The molecule has 0 aliphatic heterocycles. The second-order valence-electron chi connectivity index (χ2n) is 5.26. The lowest BCUT2D eigenvalue weighted by molar-refractivity contribution is 0.0930. The first-order valence-electron chi connectivity index (χ1n) is 6.49. The van der Waals surface area contributed by atoms with E-state index in [1.165, 1.54) is 23.3 Å². The molecule has 0 unspecified atom stereocenters. The molecule has 2 nitrogen and oxygen atoms in total. The lowest BCUT2D eigenvalue weighted by atomic mass is 9.95. The Kier molecular flexibility index (Phi) is 3.87. The van der Waals surface area contributed by atoms with Gasteiger partial charge in [-0.2, -0.15) is 0 Å². The Morgan fingerprint density at radius 1 is 1.29 bits per heavy atom. The molecule has 0 bridgehead atoms. The van der Waals surface area contributed by atoms with Crippen LogP contribution < -0.4 is 5.32 Å². The van der Waals surface area contributed by atoms with E-state index >= 15 is 0 Å². The molecule has 0 spiro atoms. The second-order valence-corrected chi connectivity index (χ2v) is 6.23. The Labute approximate surface area is 107 Å². The first-order chi connectivity index (χ1) is 8.09. The average Bonchev–Trinajstić information content (AvgIpc) is 2.72. The van der Waals surface area contributed by atoms with Gasteiger partial charge in [0.05, 0.1) is 5.56 Å². The van der Waals surface area contributed by atoms with Crippen molar-refractivity contribution < 1.29 is 4.79 Å². The van der Waals surface area contributed by atoms with Crippen molar-refractivity contribution in [3.8, 4) is 0 Å². The van der Waals surface area contributed by atoms with Gasteiger partial charge in [-0.25, -0.2) is 0 Å². The Morgan fingerprint density at radius 3 is 2.71 bits per heavy atom. The third-order valence-corrected chi connectivity index (χ3v) is 4.75. The highest BCUT2D eigenvalue weighted by atomic mass is 32.1. The maximum Gasteiger partial charge on any atom is 0.252 e. The molecule has 1 atom stereocenters. The van der Waals surface area contributed by atoms with Gasteiger partial charge in [0, 0.05) is 16.3 Å². The van der Waals surface area contributed by atoms with E-state index in [0.717, 1.165) is 18.4 Å². The smallest absolute Gasteiger partial charge is 0.252 e. The Bertz CT molecular complexity index is 408. The predicted octanol–water partition coefficient (Wildman–Crippen LogP) is 3.40. The van der Waals surface area contributed by atoms with Crippen LogP contribution in [0.4, 0.5) is 0 Å². The molecule has 17 heavy (non-hydrogen) atoms. The third kappa shape index (κ3) is 2.71. The Hall–Kier alpha value is -0.830. The van der Waals surface area contributed by atoms with Gasteiger partial charge in [-0.05, 0) is 44.1 Å². The van der Waals surface area contributed by atoms with Crippen molar-refractivity contribution in [2.75, 3.05) is 0 Å². The van der Waals surface area contributed by atoms with Crippen LogP contribution in [0.5, 0.6) is 0 Å². The van der Waals surface area contributed by atoms with Gasteiger partial charge < -0.3 is 5.32 Å². The first kappa shape index (κ1) is 12.6. The highest BCUT2D eigenvalue weighted by Gasteiger charge is 2.21. The number of carbonyl (C=O) groups is 1. The molecule has 0 radical (unpaired) electrons. The number of amides is 1. The number of hydrogen-bond donors (Lipinski definition) is 1. The summed E-state index contributed by atoms with van der Waals surface area (Å²) in [7, 11) is 0. The zero-order valence-corrected chi connectivity index (χ0v) is 11.7. The summed E-state index contributed by atoms with van der Waals surface area (Å²) in [5, 5.41) is 5.14. The number of rotatable bonds is 3. The SMILES string of the molecule is CC(C)[C@@H](C)NC(=O)c1csc2c1CCCC2. The van der Waals surface area contributed by atoms with E-state index in [1.54, 1.807) is 11.3 Å². The summed E-state index contributed by atoms with van der Waals surface area (Å²) < 4.78 is 0. The minimum atomic E-state index is 0.116. The average molecular weight is 251 g/mol. The van der Waals surface area contributed by atoms with Crippen molar-refractivity contribution in [1.82, 2.24) is 5.32 Å². The molecule has 1 N–H and O–H groups in total. The molecule has 1 heterocycles. The van der Waals surface area contributed by atoms with Crippen LogP contribution in [0.25, 0.3) is 0 Å². The summed E-state index contributed by atoms with van der Waals surface area (Å²) in [4.78, 5) is 13.6. The topological polar surface area (TPSA) is 29.1 Å². The molecule has 1 aliphatic carbocycles. The van der Waals surface area contributed by atoms with E-state index in [1.807, 2.05) is 5.38 Å². The normalized spacial score (nSPS) is 16.7. The van der Waals surface area contributed by atoms with Gasteiger partial charge in [-0.3, -0.25) is 4.79 Å². The van der Waals surface area contributed by atoms with E-state index in [9.17, 15) is 4.79 Å². The van der Waals surface area contributed by atoms with Crippen molar-refractivity contribution >= 4 is 17.2 Å². The van der Waals surface area contributed by atoms with Crippen molar-refractivity contribution in [2.45, 2.75) is 52.5 Å². The maximum atomic E-state index is 12.2. The molecule has 0 saturated heterocycles. The van der Waals surface area contributed by atoms with Crippen LogP contribution in [0.15, 0.2) is 5.38 Å². The lowest BCUT2D eigenvalue weighted by Crippen LogP contribution is -2.36. The molecule has 2 rings (SSSR count). The zero-order chi connectivity index (χ0) is 12.4. The summed E-state index contributed by atoms with van der Waals surface area (Å²) in [6, 6.07) is 0.238. The van der Waals surface area contributed by atoms with E-state index < -0.39 is 0 Å². The number of carbonyl (C=O) groups excluding carboxylic acids is 1. The van der Waals surface area contributed by atoms with Gasteiger partial charge in [-0.15, -0.1) is 11.3 Å². The van der Waals surface area contributed by atoms with Crippen LogP contribution in [-0.2, 0) is 12.8 Å². The third-order valence-electron chi connectivity index (χ3n) is 3.66. The minimum absolute atomic E-state index is 0.116. The summed E-state index contributed by atoms with van der Waals surface area (Å²) >= 11 is 1.75. The molecular weight excluding hydrogens is 230 g/mol. The quantitative estimate of drug-likeness (QED) is 0.876. The van der Waals surface area contributed by atoms with Crippen LogP contribution in [0, 0.1) is 5.92 Å². The van der Waals surface area contributed by atoms with E-state index in [0.29, 0.717) is 5.92 Å². The first-order valence-corrected chi connectivity index (χ1v) is 7.37. The second kappa shape index (κ2) is 5.21. The standard InChI is InChI=1S/C14H21NOS/c1-9(2)10(3)15-14(16)12-8-17-13-7-5-4-6-11(12)13/h8-10H,4-7H2,1-3H3,(H,15,16)/t10-/m1/s1. The fraction of sp³-hybridized carbons (Fsp3) is 0.643. The molecule has 1 aromatic rings. The molecule has 1 aromatic heterocycles. The molecule has 1 aliphatic rings. The van der Waals surface area contributed by atoms with Crippen LogP contribution in [0.1, 0.15) is 54.4 Å². The lowest BCUT2D eigenvalue weighted by Gasteiger charge is -2.18. The van der Waals surface area contributed by atoms with Crippen molar-refractivity contribution in [2.24, 2.45) is 5.92 Å². The van der Waals surface area contributed by atoms with Gasteiger partial charge in [0.15, 0.2) is 0 Å². The van der Waals surface area contributed by atoms with Gasteiger partial charge in [-0.1, -0.05) is 13.8 Å². The van der Waals surface area contributed by atoms with Gasteiger partial charge in [0.1, 0.15) is 0 Å². The van der Waals surface area contributed by atoms with E-state index in [4.69, 9.17) is 0 Å². The minimum Gasteiger partial charge on any atom is -0.349 e. The van der Waals surface area contributed by atoms with Gasteiger partial charge in [0.25, 0.3) is 5.91 Å². The Morgan fingerprint density at radius 2 is 2.00 bits per heavy atom. The molecule has 1 amide bonds. The van der Waals surface area contributed by atoms with Crippen molar-refractivity contribution in [1.29, 1.82) is 0 Å². The number of fused-ring (bicyclic) bond motifs is 1. The van der Waals surface area contributed by atoms with Crippen LogP contribution in [-0.4, -0.2) is 11.9 Å². The maximum absolute atomic E-state index is 12.2. The zero-order valence-electron chi connectivity index (χ0n) is 10.9. The fourth-order valence-corrected chi connectivity index (χ4v) is 3.26. The molecule has 0 fully saturated rings. The number of thiophene rings is 1. The van der Waals surface area contributed by atoms with Crippen molar-refractivity contribution in [3.63, 3.8) is 0 Å². The largest absolute Gasteiger partial charge is 0.349 e. The van der Waals surface area contributed by atoms with Gasteiger partial charge >= 0.3 is 0 Å². The monoisotopic (exact) mass is 251 g/mol. The Balaban J connectivity index is 2.12. The summed E-state index contributed by atoms with van der Waals surface area (Å²) in [5.74, 6) is 0.596. The van der Waals surface area contributed by atoms with E-state index in [-0.39, 0.29) is 11.9 Å². The van der Waals surface area contributed by atoms with E-state index in [2.05, 4.69) is 26.1 Å². The molecule has 0 aromatic carbocycles. The summed E-state index contributed by atoms with van der Waals surface area (Å²) in [5.41, 5.74) is 2.24. The summed E-state index contributed by atoms with van der Waals surface area (Å²) in [6.07, 6.45) is 4.74. The van der Waals surface area contributed by atoms with Gasteiger partial charge in [0.2, 0.25) is 0 Å². The molecule has 0 saturated carbocycles. The van der Waals surface area contributed by atoms with Crippen LogP contribution >= 0.6 is 11.3 Å². The molecule has 3 heteroatoms. The summed E-state index contributed by atoms with van der Waals surface area (Å²) in [6.45, 7) is 6.34. The predicted molar refractivity (Wildman–Crippen MR) is 72.7 cm³/mol. The fourth-order valence-electron chi connectivity index (χ4n) is 2.14. The highest BCUT2D eigenvalue weighted by Crippen LogP contribution is 2.30. The molecular formula is C14H21NOS. The number of hydrogen-bond acceptors (Lipinski definition) is 2. The van der Waals surface area contributed by atoms with Crippen LogP contribution in [0.3, 0.4) is 0 Å². The number of aryl methyl sites for hydroxylation is 1. The highest BCUT2D eigenvalue weighted by molar-refractivity contribution is 7.10. The molecule has 94 valence electrons. The van der Waals surface area contributed by atoms with Crippen molar-refractivity contribution in [3.05, 3.63) is 21.4 Å².